The van der Waals surface area contributed by atoms with Crippen LogP contribution in [0.4, 0.5) is 4.79 Å². The highest BCUT2D eigenvalue weighted by molar-refractivity contribution is 5.76. The number of carbonyl (C=O) groups excluding carboxylic acids is 2. The van der Waals surface area contributed by atoms with Crippen molar-refractivity contribution in [2.45, 2.75) is 12.5 Å². The van der Waals surface area contributed by atoms with Crippen molar-refractivity contribution in [3.63, 3.8) is 0 Å². The fourth-order valence-corrected chi connectivity index (χ4v) is 1.83. The van der Waals surface area contributed by atoms with E-state index in [9.17, 15) is 9.59 Å². The number of likely N-dealkylation sites (N-methyl/N-ethyl adjacent to an activating group) is 1. The maximum Gasteiger partial charge on any atom is 0.410 e. The van der Waals surface area contributed by atoms with E-state index in [-0.39, 0.29) is 12.0 Å². The van der Waals surface area contributed by atoms with E-state index in [1.165, 1.54) is 11.8 Å². The van der Waals surface area contributed by atoms with Gasteiger partial charge in [0.2, 0.25) is 5.91 Å². The molecule has 13 heavy (non-hydrogen) atoms. The lowest BCUT2D eigenvalue weighted by atomic mass is 9.94. The van der Waals surface area contributed by atoms with Crippen LogP contribution in [0.5, 0.6) is 0 Å². The number of carbonyl (C=O) groups is 2. The number of ether oxygens (including phenoxy) is 1. The van der Waals surface area contributed by atoms with E-state index in [1.54, 1.807) is 11.9 Å². The van der Waals surface area contributed by atoms with Crippen molar-refractivity contribution in [1.29, 1.82) is 0 Å². The molecule has 2 fully saturated rings. The van der Waals surface area contributed by atoms with Gasteiger partial charge in [-0.2, -0.15) is 0 Å². The van der Waals surface area contributed by atoms with Crippen LogP contribution in [0, 0.1) is 0 Å². The van der Waals surface area contributed by atoms with Crippen LogP contribution in [0.3, 0.4) is 0 Å². The minimum atomic E-state index is -0.405. The monoisotopic (exact) mass is 184 g/mol. The normalized spacial score (nSPS) is 24.6. The zero-order chi connectivity index (χ0) is 9.64. The molecule has 72 valence electrons. The van der Waals surface area contributed by atoms with Gasteiger partial charge < -0.3 is 14.5 Å². The summed E-state index contributed by atoms with van der Waals surface area (Å²) >= 11 is 0. The first-order valence-corrected chi connectivity index (χ1v) is 4.22. The van der Waals surface area contributed by atoms with Crippen molar-refractivity contribution in [2.75, 3.05) is 26.7 Å². The average molecular weight is 184 g/mol. The Bertz CT molecular complexity index is 271. The van der Waals surface area contributed by atoms with Gasteiger partial charge in [-0.25, -0.2) is 4.79 Å². The molecular formula is C8H12N2O3. The van der Waals surface area contributed by atoms with E-state index in [0.717, 1.165) is 0 Å². The third-order valence-corrected chi connectivity index (χ3v) is 2.54. The van der Waals surface area contributed by atoms with Gasteiger partial charge in [0, 0.05) is 14.0 Å². The van der Waals surface area contributed by atoms with E-state index < -0.39 is 5.60 Å². The quantitative estimate of drug-likeness (QED) is 0.518. The third kappa shape index (κ3) is 1.15. The van der Waals surface area contributed by atoms with Crippen LogP contribution >= 0.6 is 0 Å². The third-order valence-electron chi connectivity index (χ3n) is 2.54. The zero-order valence-corrected chi connectivity index (χ0v) is 7.74. The van der Waals surface area contributed by atoms with Crippen LogP contribution in [0.1, 0.15) is 6.92 Å². The predicted octanol–water partition coefficient (Wildman–Crippen LogP) is -0.331. The minimum absolute atomic E-state index is 0.0382. The summed E-state index contributed by atoms with van der Waals surface area (Å²) in [5.74, 6) is 0.0382. The number of hydrogen-bond donors (Lipinski definition) is 0. The Morgan fingerprint density at radius 3 is 2.46 bits per heavy atom. The molecule has 0 bridgehead atoms. The minimum Gasteiger partial charge on any atom is -0.437 e. The smallest absolute Gasteiger partial charge is 0.410 e. The van der Waals surface area contributed by atoms with Crippen molar-refractivity contribution < 1.29 is 14.3 Å². The first-order chi connectivity index (χ1) is 6.02. The highest BCUT2D eigenvalue weighted by atomic mass is 16.6. The molecular weight excluding hydrogens is 172 g/mol. The Balaban J connectivity index is 1.98. The number of nitrogens with zero attached hydrogens (tertiary/aromatic N) is 2. The van der Waals surface area contributed by atoms with Crippen LogP contribution in [-0.4, -0.2) is 54.1 Å². The number of amides is 2. The summed E-state index contributed by atoms with van der Waals surface area (Å²) in [6.07, 6.45) is -0.289. The maximum absolute atomic E-state index is 11.1. The molecule has 0 aromatic carbocycles. The number of hydrogen-bond acceptors (Lipinski definition) is 3. The highest BCUT2D eigenvalue weighted by Gasteiger charge is 2.53. The summed E-state index contributed by atoms with van der Waals surface area (Å²) in [6, 6.07) is 0. The summed E-state index contributed by atoms with van der Waals surface area (Å²) in [5.41, 5.74) is -0.405. The second kappa shape index (κ2) is 2.37. The molecule has 0 unspecified atom stereocenters. The SMILES string of the molecule is CC(=O)N1CC2(CN(C)C(=O)O2)C1. The molecule has 5 nitrogen and oxygen atoms in total. The molecule has 2 amide bonds. The summed E-state index contributed by atoms with van der Waals surface area (Å²) < 4.78 is 5.17. The maximum atomic E-state index is 11.1. The lowest BCUT2D eigenvalue weighted by Crippen LogP contribution is -2.64. The molecule has 0 aromatic rings. The molecule has 0 N–H and O–H groups in total. The van der Waals surface area contributed by atoms with Gasteiger partial charge in [0.15, 0.2) is 5.60 Å². The van der Waals surface area contributed by atoms with Crippen LogP contribution in [0.2, 0.25) is 0 Å². The molecule has 0 aliphatic carbocycles. The summed E-state index contributed by atoms with van der Waals surface area (Å²) in [5, 5.41) is 0. The van der Waals surface area contributed by atoms with E-state index in [4.69, 9.17) is 4.74 Å². The summed E-state index contributed by atoms with van der Waals surface area (Å²) in [6.45, 7) is 3.19. The largest absolute Gasteiger partial charge is 0.437 e. The van der Waals surface area contributed by atoms with Gasteiger partial charge in [-0.1, -0.05) is 0 Å². The molecule has 5 heteroatoms. The van der Waals surface area contributed by atoms with Gasteiger partial charge in [-0.05, 0) is 0 Å². The fraction of sp³-hybridized carbons (Fsp3) is 0.750. The fourth-order valence-electron chi connectivity index (χ4n) is 1.83. The van der Waals surface area contributed by atoms with Gasteiger partial charge in [-0.3, -0.25) is 4.79 Å². The van der Waals surface area contributed by atoms with Gasteiger partial charge in [0.25, 0.3) is 0 Å². The molecule has 2 aliphatic rings. The second-order valence-corrected chi connectivity index (χ2v) is 3.78. The van der Waals surface area contributed by atoms with E-state index >= 15 is 0 Å². The average Bonchev–Trinajstić information content (AvgIpc) is 2.24. The Kier molecular flexibility index (Phi) is 1.52. The van der Waals surface area contributed by atoms with Crippen molar-refractivity contribution in [1.82, 2.24) is 9.80 Å². The zero-order valence-electron chi connectivity index (χ0n) is 7.74. The summed E-state index contributed by atoms with van der Waals surface area (Å²) in [7, 11) is 1.70. The van der Waals surface area contributed by atoms with Crippen LogP contribution in [0.15, 0.2) is 0 Å². The first-order valence-electron chi connectivity index (χ1n) is 4.22. The highest BCUT2D eigenvalue weighted by Crippen LogP contribution is 2.31. The van der Waals surface area contributed by atoms with Crippen molar-refractivity contribution in [2.24, 2.45) is 0 Å². The topological polar surface area (TPSA) is 49.9 Å². The molecule has 0 aromatic heterocycles. The van der Waals surface area contributed by atoms with E-state index in [0.29, 0.717) is 19.6 Å². The summed E-state index contributed by atoms with van der Waals surface area (Å²) in [4.78, 5) is 25.2. The number of rotatable bonds is 0. The molecule has 1 spiro atoms. The number of likely N-dealkylation sites (tertiary alicyclic amines) is 1. The Morgan fingerprint density at radius 1 is 1.46 bits per heavy atom. The lowest BCUT2D eigenvalue weighted by Gasteiger charge is -2.44. The molecule has 0 radical (unpaired) electrons. The van der Waals surface area contributed by atoms with Gasteiger partial charge in [0.1, 0.15) is 0 Å². The van der Waals surface area contributed by atoms with Gasteiger partial charge >= 0.3 is 6.09 Å². The standard InChI is InChI=1S/C8H12N2O3/c1-6(11)10-4-8(5-10)3-9(2)7(12)13-8/h3-5H2,1-2H3. The Morgan fingerprint density at radius 2 is 2.08 bits per heavy atom. The van der Waals surface area contributed by atoms with E-state index in [1.807, 2.05) is 0 Å². The van der Waals surface area contributed by atoms with Crippen LogP contribution in [0.25, 0.3) is 0 Å². The molecule has 0 atom stereocenters. The van der Waals surface area contributed by atoms with Crippen molar-refractivity contribution in [3.05, 3.63) is 0 Å². The van der Waals surface area contributed by atoms with Crippen molar-refractivity contribution >= 4 is 12.0 Å². The predicted molar refractivity (Wildman–Crippen MR) is 44.1 cm³/mol. The Labute approximate surface area is 76.2 Å². The van der Waals surface area contributed by atoms with Gasteiger partial charge in [0.05, 0.1) is 19.6 Å². The molecule has 2 aliphatic heterocycles. The molecule has 2 heterocycles. The Hall–Kier alpha value is -1.26. The van der Waals surface area contributed by atoms with Crippen LogP contribution < -0.4 is 0 Å². The van der Waals surface area contributed by atoms with Crippen molar-refractivity contribution in [3.8, 4) is 0 Å². The molecule has 0 saturated carbocycles. The van der Waals surface area contributed by atoms with Gasteiger partial charge in [-0.15, -0.1) is 0 Å². The first kappa shape index (κ1) is 8.34. The molecule has 2 rings (SSSR count). The molecule has 2 saturated heterocycles. The second-order valence-electron chi connectivity index (χ2n) is 3.78. The van der Waals surface area contributed by atoms with Crippen LogP contribution in [-0.2, 0) is 9.53 Å². The van der Waals surface area contributed by atoms with E-state index in [2.05, 4.69) is 0 Å². The lowest BCUT2D eigenvalue weighted by molar-refractivity contribution is -0.147.